The zero-order valence-electron chi connectivity index (χ0n) is 16.5. The molecule has 0 aliphatic carbocycles. The lowest BCUT2D eigenvalue weighted by Gasteiger charge is -2.09. The van der Waals surface area contributed by atoms with Crippen molar-refractivity contribution in [3.8, 4) is 11.5 Å². The predicted octanol–water partition coefficient (Wildman–Crippen LogP) is 4.17. The highest BCUT2D eigenvalue weighted by molar-refractivity contribution is 7.99. The lowest BCUT2D eigenvalue weighted by atomic mass is 10.0. The number of benzene rings is 2. The third kappa shape index (κ3) is 5.42. The van der Waals surface area contributed by atoms with Gasteiger partial charge >= 0.3 is 0 Å². The molecular formula is C21H26N4O2S. The van der Waals surface area contributed by atoms with Crippen LogP contribution in [0.15, 0.2) is 53.7 Å². The number of aryl methyl sites for hydroxylation is 1. The molecule has 7 heteroatoms. The van der Waals surface area contributed by atoms with Crippen LogP contribution in [0.3, 0.4) is 0 Å². The monoisotopic (exact) mass is 398 g/mol. The quantitative estimate of drug-likeness (QED) is 0.331. The van der Waals surface area contributed by atoms with E-state index >= 15 is 0 Å². The van der Waals surface area contributed by atoms with Gasteiger partial charge in [-0.3, -0.25) is 0 Å². The van der Waals surface area contributed by atoms with Gasteiger partial charge in [-0.15, -0.1) is 10.2 Å². The summed E-state index contributed by atoms with van der Waals surface area (Å²) >= 11 is 1.50. The summed E-state index contributed by atoms with van der Waals surface area (Å²) in [6.07, 6.45) is 0. The van der Waals surface area contributed by atoms with E-state index in [-0.39, 0.29) is 6.61 Å². The zero-order valence-corrected chi connectivity index (χ0v) is 17.3. The highest BCUT2D eigenvalue weighted by Gasteiger charge is 2.11. The van der Waals surface area contributed by atoms with E-state index < -0.39 is 0 Å². The van der Waals surface area contributed by atoms with Crippen LogP contribution in [0.25, 0.3) is 0 Å². The van der Waals surface area contributed by atoms with Crippen molar-refractivity contribution < 1.29 is 9.47 Å². The van der Waals surface area contributed by atoms with Crippen molar-refractivity contribution in [1.29, 1.82) is 0 Å². The maximum atomic E-state index is 6.09. The standard InChI is InChI=1S/C21H26N4O2S/c1-15(2)17-7-9-18(10-8-17)27-14-20-23-24-21(25(20)22)28-12-11-26-19-6-4-5-16(3)13-19/h4-10,13,15H,11-12,14,22H2,1-3H3. The topological polar surface area (TPSA) is 75.2 Å². The molecule has 3 aromatic rings. The van der Waals surface area contributed by atoms with Crippen LogP contribution in [0.1, 0.15) is 36.7 Å². The van der Waals surface area contributed by atoms with E-state index in [0.29, 0.717) is 23.5 Å². The lowest BCUT2D eigenvalue weighted by Crippen LogP contribution is -2.16. The van der Waals surface area contributed by atoms with Gasteiger partial charge in [0.2, 0.25) is 5.16 Å². The number of aromatic nitrogens is 3. The number of ether oxygens (including phenoxy) is 2. The first-order valence-corrected chi connectivity index (χ1v) is 10.3. The molecule has 0 spiro atoms. The Hall–Kier alpha value is -2.67. The molecule has 0 saturated heterocycles. The first-order chi connectivity index (χ1) is 13.5. The highest BCUT2D eigenvalue weighted by Crippen LogP contribution is 2.20. The van der Waals surface area contributed by atoms with Gasteiger partial charge < -0.3 is 15.3 Å². The Balaban J connectivity index is 1.46. The van der Waals surface area contributed by atoms with Gasteiger partial charge in [0, 0.05) is 5.75 Å². The number of nitrogens with two attached hydrogens (primary N) is 1. The maximum Gasteiger partial charge on any atom is 0.210 e. The second-order valence-electron chi connectivity index (χ2n) is 6.79. The molecule has 0 unspecified atom stereocenters. The van der Waals surface area contributed by atoms with Crippen LogP contribution in [-0.2, 0) is 6.61 Å². The Kier molecular flexibility index (Phi) is 6.81. The summed E-state index contributed by atoms with van der Waals surface area (Å²) in [4.78, 5) is 0. The highest BCUT2D eigenvalue weighted by atomic mass is 32.2. The lowest BCUT2D eigenvalue weighted by molar-refractivity contribution is 0.291. The van der Waals surface area contributed by atoms with Crippen LogP contribution < -0.4 is 15.3 Å². The minimum Gasteiger partial charge on any atom is -0.493 e. The molecule has 0 radical (unpaired) electrons. The average molecular weight is 399 g/mol. The summed E-state index contributed by atoms with van der Waals surface area (Å²) in [5.74, 6) is 9.55. The van der Waals surface area contributed by atoms with Crippen LogP contribution in [0.5, 0.6) is 11.5 Å². The molecular weight excluding hydrogens is 372 g/mol. The molecule has 6 nitrogen and oxygen atoms in total. The van der Waals surface area contributed by atoms with Crippen LogP contribution >= 0.6 is 11.8 Å². The summed E-state index contributed by atoms with van der Waals surface area (Å²) < 4.78 is 13.0. The third-order valence-electron chi connectivity index (χ3n) is 4.22. The van der Waals surface area contributed by atoms with Gasteiger partial charge in [-0.1, -0.05) is 49.9 Å². The smallest absolute Gasteiger partial charge is 0.210 e. The predicted molar refractivity (Wildman–Crippen MR) is 112 cm³/mol. The van der Waals surface area contributed by atoms with Gasteiger partial charge in [0.25, 0.3) is 0 Å². The van der Waals surface area contributed by atoms with Crippen LogP contribution in [0.2, 0.25) is 0 Å². The van der Waals surface area contributed by atoms with Crippen LogP contribution in [0, 0.1) is 6.92 Å². The molecule has 3 rings (SSSR count). The van der Waals surface area contributed by atoms with Crippen LogP contribution in [-0.4, -0.2) is 27.2 Å². The zero-order chi connectivity index (χ0) is 19.9. The fourth-order valence-corrected chi connectivity index (χ4v) is 3.29. The summed E-state index contributed by atoms with van der Waals surface area (Å²) in [7, 11) is 0. The molecule has 1 aromatic heterocycles. The SMILES string of the molecule is Cc1cccc(OCCSc2nnc(COc3ccc(C(C)C)cc3)n2N)c1. The Bertz CT molecular complexity index is 894. The average Bonchev–Trinajstić information content (AvgIpc) is 3.04. The number of hydrogen-bond acceptors (Lipinski definition) is 6. The Labute approximate surface area is 170 Å². The van der Waals surface area contributed by atoms with Gasteiger partial charge in [0.1, 0.15) is 18.1 Å². The molecule has 2 aromatic carbocycles. The fraction of sp³-hybridized carbons (Fsp3) is 0.333. The van der Waals surface area contributed by atoms with Gasteiger partial charge in [-0.25, -0.2) is 4.68 Å². The number of rotatable bonds is 9. The summed E-state index contributed by atoms with van der Waals surface area (Å²) in [6, 6.07) is 16.1. The summed E-state index contributed by atoms with van der Waals surface area (Å²) in [5, 5.41) is 8.91. The van der Waals surface area contributed by atoms with Gasteiger partial charge in [-0.2, -0.15) is 0 Å². The van der Waals surface area contributed by atoms with E-state index in [2.05, 4.69) is 36.2 Å². The Morgan fingerprint density at radius 3 is 2.54 bits per heavy atom. The Morgan fingerprint density at radius 1 is 1.04 bits per heavy atom. The molecule has 0 amide bonds. The molecule has 0 atom stereocenters. The minimum atomic E-state index is 0.269. The first kappa shape index (κ1) is 20.1. The van der Waals surface area contributed by atoms with Gasteiger partial charge in [0.05, 0.1) is 6.61 Å². The molecule has 1 heterocycles. The van der Waals surface area contributed by atoms with Crippen LogP contribution in [0.4, 0.5) is 0 Å². The molecule has 2 N–H and O–H groups in total. The normalized spacial score (nSPS) is 11.0. The molecule has 148 valence electrons. The molecule has 0 bridgehead atoms. The van der Waals surface area contributed by atoms with E-state index in [9.17, 15) is 0 Å². The van der Waals surface area contributed by atoms with Crippen molar-refractivity contribution in [3.63, 3.8) is 0 Å². The maximum absolute atomic E-state index is 6.09. The van der Waals surface area contributed by atoms with Crippen molar-refractivity contribution in [1.82, 2.24) is 14.9 Å². The van der Waals surface area contributed by atoms with Crippen molar-refractivity contribution in [2.75, 3.05) is 18.2 Å². The number of nitrogen functional groups attached to an aromatic ring is 1. The second kappa shape index (κ2) is 9.50. The van der Waals surface area contributed by atoms with Gasteiger partial charge in [-0.05, 0) is 48.2 Å². The van der Waals surface area contributed by atoms with E-state index in [4.69, 9.17) is 15.3 Å². The largest absolute Gasteiger partial charge is 0.493 e. The summed E-state index contributed by atoms with van der Waals surface area (Å²) in [6.45, 7) is 7.20. The second-order valence-corrected chi connectivity index (χ2v) is 7.86. The minimum absolute atomic E-state index is 0.269. The first-order valence-electron chi connectivity index (χ1n) is 9.27. The Morgan fingerprint density at radius 2 is 1.82 bits per heavy atom. The fourth-order valence-electron chi connectivity index (χ4n) is 2.60. The summed E-state index contributed by atoms with van der Waals surface area (Å²) in [5.41, 5.74) is 2.45. The molecule has 0 saturated carbocycles. The molecule has 0 aliphatic rings. The van der Waals surface area contributed by atoms with Crippen molar-refractivity contribution in [2.24, 2.45) is 0 Å². The van der Waals surface area contributed by atoms with Crippen molar-refractivity contribution in [3.05, 3.63) is 65.5 Å². The number of nitrogens with zero attached hydrogens (tertiary/aromatic N) is 3. The molecule has 0 aliphatic heterocycles. The number of thioether (sulfide) groups is 1. The third-order valence-corrected chi connectivity index (χ3v) is 5.13. The molecule has 28 heavy (non-hydrogen) atoms. The van der Waals surface area contributed by atoms with E-state index in [1.165, 1.54) is 27.6 Å². The van der Waals surface area contributed by atoms with E-state index in [1.54, 1.807) is 0 Å². The van der Waals surface area contributed by atoms with E-state index in [0.717, 1.165) is 17.3 Å². The van der Waals surface area contributed by atoms with Gasteiger partial charge in [0.15, 0.2) is 5.82 Å². The number of hydrogen-bond donors (Lipinski definition) is 1. The van der Waals surface area contributed by atoms with E-state index in [1.807, 2.05) is 43.3 Å². The molecule has 0 fully saturated rings. The van der Waals surface area contributed by atoms with Crippen molar-refractivity contribution in [2.45, 2.75) is 38.5 Å². The van der Waals surface area contributed by atoms with Crippen molar-refractivity contribution >= 4 is 11.8 Å².